The van der Waals surface area contributed by atoms with E-state index in [1.165, 1.54) is 19.2 Å². The summed E-state index contributed by atoms with van der Waals surface area (Å²) in [7, 11) is 1.43. The molecule has 2 N–H and O–H groups in total. The predicted molar refractivity (Wildman–Crippen MR) is 85.9 cm³/mol. The van der Waals surface area contributed by atoms with Gasteiger partial charge in [-0.05, 0) is 36.2 Å². The average Bonchev–Trinajstić information content (AvgIpc) is 2.62. The lowest BCUT2D eigenvalue weighted by atomic mass is 10.1. The molecule has 0 fully saturated rings. The Morgan fingerprint density at radius 3 is 2.38 bits per heavy atom. The fourth-order valence-electron chi connectivity index (χ4n) is 2.21. The summed E-state index contributed by atoms with van der Waals surface area (Å²) in [6.07, 6.45) is -0.671. The van der Waals surface area contributed by atoms with Crippen LogP contribution in [-0.2, 0) is 10.7 Å². The molecule has 0 heterocycles. The molecule has 1 atom stereocenters. The van der Waals surface area contributed by atoms with Gasteiger partial charge in [-0.25, -0.2) is 0 Å². The van der Waals surface area contributed by atoms with E-state index in [-0.39, 0.29) is 13.0 Å². The average molecular weight is 335 g/mol. The van der Waals surface area contributed by atoms with Gasteiger partial charge >= 0.3 is 5.92 Å². The second-order valence-corrected chi connectivity index (χ2v) is 5.27. The Labute approximate surface area is 139 Å². The molecule has 1 unspecified atom stereocenters. The summed E-state index contributed by atoms with van der Waals surface area (Å²) in [5, 5.41) is 12.1. The number of benzene rings is 2. The number of ether oxygens (including phenoxy) is 1. The quantitative estimate of drug-likeness (QED) is 0.818. The van der Waals surface area contributed by atoms with Crippen LogP contribution in [-0.4, -0.2) is 24.7 Å². The van der Waals surface area contributed by atoms with Crippen LogP contribution in [0.2, 0.25) is 0 Å². The first-order chi connectivity index (χ1) is 11.4. The molecule has 128 valence electrons. The lowest BCUT2D eigenvalue weighted by Crippen LogP contribution is -2.38. The minimum absolute atomic E-state index is 0.0549. The molecule has 0 radical (unpaired) electrons. The van der Waals surface area contributed by atoms with Crippen molar-refractivity contribution in [3.63, 3.8) is 0 Å². The molecular weight excluding hydrogens is 316 g/mol. The number of aliphatic hydroxyl groups excluding tert-OH is 1. The normalized spacial score (nSPS) is 12.5. The first kappa shape index (κ1) is 17.9. The molecule has 0 spiro atoms. The van der Waals surface area contributed by atoms with Gasteiger partial charge in [-0.15, -0.1) is 0 Å². The number of aliphatic hydroxyl groups is 1. The Morgan fingerprint density at radius 1 is 1.17 bits per heavy atom. The van der Waals surface area contributed by atoms with Crippen LogP contribution < -0.4 is 10.1 Å². The number of rotatable bonds is 7. The molecule has 4 nitrogen and oxygen atoms in total. The van der Waals surface area contributed by atoms with Crippen molar-refractivity contribution in [1.82, 2.24) is 5.32 Å². The standard InChI is InChI=1S/C18H19F2NO3/c1-24-15-9-7-14(8-10-15)18(19,20)17(23)21-12-11-16(22)13-5-3-2-4-6-13/h2-10,16,22H,11-12H2,1H3,(H,21,23). The number of carbonyl (C=O) groups is 1. The number of hydrogen-bond acceptors (Lipinski definition) is 3. The van der Waals surface area contributed by atoms with Crippen LogP contribution in [0.25, 0.3) is 0 Å². The van der Waals surface area contributed by atoms with E-state index in [1.807, 2.05) is 6.07 Å². The molecule has 2 aromatic carbocycles. The lowest BCUT2D eigenvalue weighted by molar-refractivity contribution is -0.147. The van der Waals surface area contributed by atoms with Gasteiger partial charge in [-0.1, -0.05) is 30.3 Å². The third-order valence-corrected chi connectivity index (χ3v) is 3.63. The molecule has 0 saturated heterocycles. The van der Waals surface area contributed by atoms with Gasteiger partial charge in [-0.3, -0.25) is 4.79 Å². The van der Waals surface area contributed by atoms with E-state index in [2.05, 4.69) is 5.32 Å². The van der Waals surface area contributed by atoms with Crippen molar-refractivity contribution in [3.05, 3.63) is 65.7 Å². The highest BCUT2D eigenvalue weighted by molar-refractivity contribution is 5.84. The minimum atomic E-state index is -3.65. The van der Waals surface area contributed by atoms with Gasteiger partial charge in [0.15, 0.2) is 0 Å². The molecule has 0 saturated carbocycles. The Kier molecular flexibility index (Phi) is 5.87. The van der Waals surface area contributed by atoms with Crippen molar-refractivity contribution < 1.29 is 23.4 Å². The Balaban J connectivity index is 1.90. The number of amides is 1. The van der Waals surface area contributed by atoms with Crippen molar-refractivity contribution in [2.24, 2.45) is 0 Å². The van der Waals surface area contributed by atoms with E-state index in [0.717, 1.165) is 12.1 Å². The highest BCUT2D eigenvalue weighted by Gasteiger charge is 2.40. The lowest BCUT2D eigenvalue weighted by Gasteiger charge is -2.17. The molecule has 6 heteroatoms. The summed E-state index contributed by atoms with van der Waals surface area (Å²) in [4.78, 5) is 11.8. The first-order valence-electron chi connectivity index (χ1n) is 7.49. The highest BCUT2D eigenvalue weighted by atomic mass is 19.3. The van der Waals surface area contributed by atoms with Crippen LogP contribution in [0.5, 0.6) is 5.75 Å². The zero-order valence-electron chi connectivity index (χ0n) is 13.2. The van der Waals surface area contributed by atoms with Crippen molar-refractivity contribution >= 4 is 5.91 Å². The Morgan fingerprint density at radius 2 is 1.79 bits per heavy atom. The molecule has 1 amide bonds. The molecule has 0 aliphatic carbocycles. The Bertz CT molecular complexity index is 660. The van der Waals surface area contributed by atoms with Gasteiger partial charge in [0, 0.05) is 12.1 Å². The van der Waals surface area contributed by atoms with Gasteiger partial charge in [-0.2, -0.15) is 8.78 Å². The molecule has 2 aromatic rings. The fraction of sp³-hybridized carbons (Fsp3) is 0.278. The largest absolute Gasteiger partial charge is 0.497 e. The molecule has 0 aliphatic rings. The second kappa shape index (κ2) is 7.88. The number of carbonyl (C=O) groups excluding carboxylic acids is 1. The van der Waals surface area contributed by atoms with Gasteiger partial charge in [0.1, 0.15) is 5.75 Å². The fourth-order valence-corrected chi connectivity index (χ4v) is 2.21. The van der Waals surface area contributed by atoms with Crippen LogP contribution in [0.3, 0.4) is 0 Å². The molecular formula is C18H19F2NO3. The minimum Gasteiger partial charge on any atom is -0.497 e. The summed E-state index contributed by atoms with van der Waals surface area (Å²) in [5.41, 5.74) is 0.262. The number of halogens is 2. The van der Waals surface area contributed by atoms with Crippen LogP contribution >= 0.6 is 0 Å². The predicted octanol–water partition coefficient (Wildman–Crippen LogP) is 3.03. The summed E-state index contributed by atoms with van der Waals surface area (Å²) < 4.78 is 33.1. The van der Waals surface area contributed by atoms with Gasteiger partial charge in [0.05, 0.1) is 13.2 Å². The SMILES string of the molecule is COc1ccc(C(F)(F)C(=O)NCCC(O)c2ccccc2)cc1. The van der Waals surface area contributed by atoms with E-state index >= 15 is 0 Å². The monoisotopic (exact) mass is 335 g/mol. The Hall–Kier alpha value is -2.47. The van der Waals surface area contributed by atoms with E-state index in [4.69, 9.17) is 4.74 Å². The van der Waals surface area contributed by atoms with Crippen LogP contribution in [0.4, 0.5) is 8.78 Å². The van der Waals surface area contributed by atoms with Crippen molar-refractivity contribution in [2.45, 2.75) is 18.4 Å². The second-order valence-electron chi connectivity index (χ2n) is 5.27. The van der Waals surface area contributed by atoms with E-state index < -0.39 is 23.5 Å². The molecule has 24 heavy (non-hydrogen) atoms. The third-order valence-electron chi connectivity index (χ3n) is 3.63. The van der Waals surface area contributed by atoms with E-state index in [1.54, 1.807) is 24.3 Å². The zero-order valence-corrected chi connectivity index (χ0v) is 13.2. The maximum absolute atomic E-state index is 14.1. The molecule has 0 aliphatic heterocycles. The topological polar surface area (TPSA) is 58.6 Å². The number of nitrogens with one attached hydrogen (secondary N) is 1. The third kappa shape index (κ3) is 4.29. The van der Waals surface area contributed by atoms with Gasteiger partial charge in [0.2, 0.25) is 0 Å². The smallest absolute Gasteiger partial charge is 0.349 e. The maximum Gasteiger partial charge on any atom is 0.349 e. The van der Waals surface area contributed by atoms with E-state index in [9.17, 15) is 18.7 Å². The number of alkyl halides is 2. The van der Waals surface area contributed by atoms with Crippen LogP contribution in [0.15, 0.2) is 54.6 Å². The van der Waals surface area contributed by atoms with Crippen molar-refractivity contribution in [1.29, 1.82) is 0 Å². The summed E-state index contributed by atoms with van der Waals surface area (Å²) in [6, 6.07) is 13.9. The van der Waals surface area contributed by atoms with Crippen LogP contribution in [0, 0.1) is 0 Å². The van der Waals surface area contributed by atoms with Crippen molar-refractivity contribution in [2.75, 3.05) is 13.7 Å². The molecule has 0 aromatic heterocycles. The van der Waals surface area contributed by atoms with Crippen molar-refractivity contribution in [3.8, 4) is 5.75 Å². The summed E-state index contributed by atoms with van der Waals surface area (Å²) in [6.45, 7) is -0.0549. The van der Waals surface area contributed by atoms with Gasteiger partial charge < -0.3 is 15.2 Å². The molecule has 2 rings (SSSR count). The summed E-state index contributed by atoms with van der Waals surface area (Å²) >= 11 is 0. The van der Waals surface area contributed by atoms with E-state index in [0.29, 0.717) is 11.3 Å². The maximum atomic E-state index is 14.1. The van der Waals surface area contributed by atoms with Crippen LogP contribution in [0.1, 0.15) is 23.7 Å². The zero-order chi connectivity index (χ0) is 17.6. The summed E-state index contributed by atoms with van der Waals surface area (Å²) in [5.74, 6) is -4.61. The number of methoxy groups -OCH3 is 1. The number of hydrogen-bond donors (Lipinski definition) is 2. The highest BCUT2D eigenvalue weighted by Crippen LogP contribution is 2.29. The first-order valence-corrected chi connectivity index (χ1v) is 7.49. The van der Waals surface area contributed by atoms with Gasteiger partial charge in [0.25, 0.3) is 5.91 Å². The molecule has 0 bridgehead atoms.